The minimum atomic E-state index is 0.629. The maximum atomic E-state index is 5.86. The lowest BCUT2D eigenvalue weighted by molar-refractivity contribution is 0.481. The molecule has 5 nitrogen and oxygen atoms in total. The van der Waals surface area contributed by atoms with E-state index in [-0.39, 0.29) is 0 Å². The normalized spacial score (nSPS) is 11.1. The van der Waals surface area contributed by atoms with Crippen LogP contribution in [0.5, 0.6) is 0 Å². The van der Waals surface area contributed by atoms with Gasteiger partial charge in [-0.3, -0.25) is 0 Å². The third-order valence-electron chi connectivity index (χ3n) is 2.81. The highest BCUT2D eigenvalue weighted by Gasteiger charge is 2.10. The highest BCUT2D eigenvalue weighted by atomic mass is 15.5. The molecule has 0 fully saturated rings. The molecule has 18 heavy (non-hydrogen) atoms. The minimum Gasteiger partial charge on any atom is -0.399 e. The molecule has 0 aliphatic rings. The standard InChI is InChI=1S/C13H19N5/c1-9(2)4-5-18-13(15-16-17-18)11-6-10(3)7-12(14)8-11/h6-9H,4-5,14H2,1-3H3. The van der Waals surface area contributed by atoms with Gasteiger partial charge in [0.25, 0.3) is 0 Å². The molecule has 2 aromatic rings. The van der Waals surface area contributed by atoms with Crippen LogP contribution in [0.4, 0.5) is 5.69 Å². The van der Waals surface area contributed by atoms with Crippen LogP contribution in [-0.4, -0.2) is 20.2 Å². The third kappa shape index (κ3) is 2.85. The largest absolute Gasteiger partial charge is 0.399 e. The van der Waals surface area contributed by atoms with Crippen LogP contribution in [0.15, 0.2) is 18.2 Å². The van der Waals surface area contributed by atoms with E-state index >= 15 is 0 Å². The maximum absolute atomic E-state index is 5.86. The first-order valence-electron chi connectivity index (χ1n) is 6.20. The molecule has 1 aromatic carbocycles. The van der Waals surface area contributed by atoms with Crippen molar-refractivity contribution in [3.8, 4) is 11.4 Å². The molecule has 0 radical (unpaired) electrons. The molecular weight excluding hydrogens is 226 g/mol. The summed E-state index contributed by atoms with van der Waals surface area (Å²) < 4.78 is 1.84. The van der Waals surface area contributed by atoms with Crippen LogP contribution in [0.2, 0.25) is 0 Å². The third-order valence-corrected chi connectivity index (χ3v) is 2.81. The molecule has 0 spiro atoms. The Bertz CT molecular complexity index is 510. The number of nitrogens with zero attached hydrogens (tertiary/aromatic N) is 4. The second-order valence-corrected chi connectivity index (χ2v) is 5.04. The molecule has 5 heteroatoms. The summed E-state index contributed by atoms with van der Waals surface area (Å²) in [5, 5.41) is 11.9. The van der Waals surface area contributed by atoms with Crippen molar-refractivity contribution in [2.24, 2.45) is 5.92 Å². The number of hydrogen-bond donors (Lipinski definition) is 1. The Kier molecular flexibility index (Phi) is 3.60. The molecule has 0 aliphatic carbocycles. The fourth-order valence-corrected chi connectivity index (χ4v) is 1.88. The van der Waals surface area contributed by atoms with E-state index in [1.807, 2.05) is 29.8 Å². The number of nitrogens with two attached hydrogens (primary N) is 1. The molecular formula is C13H19N5. The number of aryl methyl sites for hydroxylation is 2. The zero-order chi connectivity index (χ0) is 13.1. The Morgan fingerprint density at radius 2 is 2.06 bits per heavy atom. The minimum absolute atomic E-state index is 0.629. The molecule has 2 N–H and O–H groups in total. The highest BCUT2D eigenvalue weighted by molar-refractivity contribution is 5.62. The topological polar surface area (TPSA) is 69.6 Å². The van der Waals surface area contributed by atoms with Gasteiger partial charge in [0, 0.05) is 17.8 Å². The van der Waals surface area contributed by atoms with Gasteiger partial charge in [0.2, 0.25) is 0 Å². The van der Waals surface area contributed by atoms with Crippen molar-refractivity contribution in [1.29, 1.82) is 0 Å². The van der Waals surface area contributed by atoms with Gasteiger partial charge >= 0.3 is 0 Å². The quantitative estimate of drug-likeness (QED) is 0.839. The average molecular weight is 245 g/mol. The summed E-state index contributed by atoms with van der Waals surface area (Å²) in [4.78, 5) is 0. The fraction of sp³-hybridized carbons (Fsp3) is 0.462. The molecule has 0 atom stereocenters. The molecule has 0 unspecified atom stereocenters. The van der Waals surface area contributed by atoms with Crippen molar-refractivity contribution in [3.05, 3.63) is 23.8 Å². The Morgan fingerprint density at radius 3 is 2.72 bits per heavy atom. The van der Waals surface area contributed by atoms with Gasteiger partial charge in [0.05, 0.1) is 0 Å². The predicted molar refractivity (Wildman–Crippen MR) is 71.9 cm³/mol. The molecule has 1 heterocycles. The summed E-state index contributed by atoms with van der Waals surface area (Å²) in [5.41, 5.74) is 8.69. The molecule has 0 aliphatic heterocycles. The van der Waals surface area contributed by atoms with Gasteiger partial charge in [0.15, 0.2) is 5.82 Å². The second kappa shape index (κ2) is 5.16. The summed E-state index contributed by atoms with van der Waals surface area (Å²) in [6, 6.07) is 5.89. The second-order valence-electron chi connectivity index (χ2n) is 5.04. The van der Waals surface area contributed by atoms with Crippen molar-refractivity contribution in [1.82, 2.24) is 20.2 Å². The highest BCUT2D eigenvalue weighted by Crippen LogP contribution is 2.21. The Morgan fingerprint density at radius 1 is 1.28 bits per heavy atom. The van der Waals surface area contributed by atoms with Crippen LogP contribution >= 0.6 is 0 Å². The van der Waals surface area contributed by atoms with Gasteiger partial charge in [-0.2, -0.15) is 0 Å². The van der Waals surface area contributed by atoms with Crippen molar-refractivity contribution in [3.63, 3.8) is 0 Å². The van der Waals surface area contributed by atoms with Crippen molar-refractivity contribution in [2.75, 3.05) is 5.73 Å². The first kappa shape index (κ1) is 12.5. The number of anilines is 1. The van der Waals surface area contributed by atoms with Gasteiger partial charge in [0.1, 0.15) is 0 Å². The van der Waals surface area contributed by atoms with Gasteiger partial charge < -0.3 is 5.73 Å². The van der Waals surface area contributed by atoms with Crippen LogP contribution in [-0.2, 0) is 6.54 Å². The number of nitrogen functional groups attached to an aromatic ring is 1. The van der Waals surface area contributed by atoms with Gasteiger partial charge in [-0.25, -0.2) is 4.68 Å². The average Bonchev–Trinajstić information content (AvgIpc) is 2.72. The van der Waals surface area contributed by atoms with E-state index in [0.717, 1.165) is 35.6 Å². The number of rotatable bonds is 4. The van der Waals surface area contributed by atoms with E-state index in [4.69, 9.17) is 5.73 Å². The summed E-state index contributed by atoms with van der Waals surface area (Å²) in [7, 11) is 0. The molecule has 1 aromatic heterocycles. The Labute approximate surface area is 107 Å². The molecule has 0 saturated carbocycles. The molecule has 2 rings (SSSR count). The van der Waals surface area contributed by atoms with Crippen LogP contribution in [0.1, 0.15) is 25.8 Å². The van der Waals surface area contributed by atoms with Crippen molar-refractivity contribution >= 4 is 5.69 Å². The first-order chi connectivity index (χ1) is 8.56. The van der Waals surface area contributed by atoms with Gasteiger partial charge in [-0.15, -0.1) is 5.10 Å². The SMILES string of the molecule is Cc1cc(N)cc(-c2nnnn2CCC(C)C)c1. The van der Waals surface area contributed by atoms with E-state index in [1.54, 1.807) is 0 Å². The van der Waals surface area contributed by atoms with Gasteiger partial charge in [-0.05, 0) is 53.5 Å². The van der Waals surface area contributed by atoms with Gasteiger partial charge in [-0.1, -0.05) is 13.8 Å². The summed E-state index contributed by atoms with van der Waals surface area (Å²) in [5.74, 6) is 1.41. The lowest BCUT2D eigenvalue weighted by Crippen LogP contribution is -2.06. The van der Waals surface area contributed by atoms with E-state index < -0.39 is 0 Å². The summed E-state index contributed by atoms with van der Waals surface area (Å²) in [6.07, 6.45) is 1.05. The first-order valence-corrected chi connectivity index (χ1v) is 6.20. The number of benzene rings is 1. The number of hydrogen-bond acceptors (Lipinski definition) is 4. The zero-order valence-corrected chi connectivity index (χ0v) is 11.1. The smallest absolute Gasteiger partial charge is 0.182 e. The summed E-state index contributed by atoms with van der Waals surface area (Å²) in [6.45, 7) is 7.22. The lowest BCUT2D eigenvalue weighted by Gasteiger charge is -2.08. The van der Waals surface area contributed by atoms with Crippen molar-refractivity contribution < 1.29 is 0 Å². The van der Waals surface area contributed by atoms with E-state index in [0.29, 0.717) is 5.92 Å². The van der Waals surface area contributed by atoms with E-state index in [1.165, 1.54) is 0 Å². The maximum Gasteiger partial charge on any atom is 0.182 e. The predicted octanol–water partition coefficient (Wildman–Crippen LogP) is 2.28. The molecule has 0 saturated heterocycles. The van der Waals surface area contributed by atoms with Crippen LogP contribution in [0.3, 0.4) is 0 Å². The monoisotopic (exact) mass is 245 g/mol. The Balaban J connectivity index is 2.30. The number of tetrazole rings is 1. The van der Waals surface area contributed by atoms with E-state index in [9.17, 15) is 0 Å². The molecule has 0 bridgehead atoms. The lowest BCUT2D eigenvalue weighted by atomic mass is 10.1. The van der Waals surface area contributed by atoms with E-state index in [2.05, 4.69) is 29.4 Å². The molecule has 0 amide bonds. The zero-order valence-electron chi connectivity index (χ0n) is 11.1. The number of aromatic nitrogens is 4. The van der Waals surface area contributed by atoms with Crippen LogP contribution < -0.4 is 5.73 Å². The fourth-order valence-electron chi connectivity index (χ4n) is 1.88. The Hall–Kier alpha value is -1.91. The summed E-state index contributed by atoms with van der Waals surface area (Å²) >= 11 is 0. The molecule has 96 valence electrons. The van der Waals surface area contributed by atoms with Crippen LogP contribution in [0, 0.1) is 12.8 Å². The van der Waals surface area contributed by atoms with Crippen LogP contribution in [0.25, 0.3) is 11.4 Å². The van der Waals surface area contributed by atoms with Crippen molar-refractivity contribution in [2.45, 2.75) is 33.7 Å².